The summed E-state index contributed by atoms with van der Waals surface area (Å²) in [5.74, 6) is 0.995. The van der Waals surface area contributed by atoms with E-state index in [9.17, 15) is 9.90 Å². The highest BCUT2D eigenvalue weighted by atomic mass is 79.9. The van der Waals surface area contributed by atoms with Crippen molar-refractivity contribution in [2.24, 2.45) is 5.10 Å². The lowest BCUT2D eigenvalue weighted by molar-refractivity contribution is 0.0952. The first kappa shape index (κ1) is 18.6. The highest BCUT2D eigenvalue weighted by molar-refractivity contribution is 9.10. The van der Waals surface area contributed by atoms with E-state index in [1.165, 1.54) is 27.5 Å². The number of carbonyl (C=O) groups excluding carboxylic acids is 1. The lowest BCUT2D eigenvalue weighted by Gasteiger charge is -2.09. The maximum absolute atomic E-state index is 12.2. The molecule has 0 bridgehead atoms. The van der Waals surface area contributed by atoms with Gasteiger partial charge in [0, 0.05) is 11.6 Å². The summed E-state index contributed by atoms with van der Waals surface area (Å²) in [6, 6.07) is 8.02. The molecule has 0 heterocycles. The maximum atomic E-state index is 12.2. The van der Waals surface area contributed by atoms with Crippen molar-refractivity contribution >= 4 is 28.1 Å². The van der Waals surface area contributed by atoms with Gasteiger partial charge in [0.05, 0.1) is 37.6 Å². The molecule has 1 amide bonds. The van der Waals surface area contributed by atoms with Crippen molar-refractivity contribution in [3.05, 3.63) is 45.9 Å². The normalized spacial score (nSPS) is 10.6. The van der Waals surface area contributed by atoms with Gasteiger partial charge in [-0.15, -0.1) is 0 Å². The van der Waals surface area contributed by atoms with Crippen LogP contribution < -0.4 is 19.6 Å². The molecule has 132 valence electrons. The van der Waals surface area contributed by atoms with E-state index >= 15 is 0 Å². The Balaban J connectivity index is 2.17. The summed E-state index contributed by atoms with van der Waals surface area (Å²) in [6.07, 6.45) is 1.32. The van der Waals surface area contributed by atoms with Crippen LogP contribution >= 0.6 is 15.9 Å². The molecule has 0 aliphatic rings. The quantitative estimate of drug-likeness (QED) is 0.566. The number of hydrogen-bond donors (Lipinski definition) is 2. The minimum Gasteiger partial charge on any atom is -0.506 e. The van der Waals surface area contributed by atoms with Crippen LogP contribution in [0.3, 0.4) is 0 Å². The van der Waals surface area contributed by atoms with Gasteiger partial charge in [0.25, 0.3) is 5.91 Å². The predicted molar refractivity (Wildman–Crippen MR) is 97.0 cm³/mol. The van der Waals surface area contributed by atoms with E-state index in [1.807, 2.05) is 0 Å². The molecule has 0 fully saturated rings. The molecule has 2 N–H and O–H groups in total. The topological polar surface area (TPSA) is 89.4 Å². The van der Waals surface area contributed by atoms with Crippen LogP contribution in [0.15, 0.2) is 39.9 Å². The molecular weight excluding hydrogens is 392 g/mol. The fourth-order valence-corrected chi connectivity index (χ4v) is 2.47. The Hall–Kier alpha value is -2.74. The van der Waals surface area contributed by atoms with Crippen LogP contribution in [0.5, 0.6) is 23.0 Å². The number of rotatable bonds is 6. The highest BCUT2D eigenvalue weighted by Gasteiger charge is 2.13. The molecule has 2 rings (SSSR count). The van der Waals surface area contributed by atoms with Crippen LogP contribution in [0.4, 0.5) is 0 Å². The molecule has 0 atom stereocenters. The molecule has 2 aromatic rings. The van der Waals surface area contributed by atoms with Crippen LogP contribution in [-0.4, -0.2) is 38.6 Å². The number of halogens is 1. The van der Waals surface area contributed by atoms with Gasteiger partial charge in [-0.05, 0) is 40.2 Å². The number of aromatic hydroxyl groups is 1. The fourth-order valence-electron chi connectivity index (χ4n) is 2.02. The van der Waals surface area contributed by atoms with E-state index in [2.05, 4.69) is 26.5 Å². The molecule has 25 heavy (non-hydrogen) atoms. The number of phenols is 1. The Morgan fingerprint density at radius 2 is 1.84 bits per heavy atom. The Kier molecular flexibility index (Phi) is 6.24. The van der Waals surface area contributed by atoms with E-state index in [4.69, 9.17) is 14.2 Å². The van der Waals surface area contributed by atoms with Gasteiger partial charge in [-0.3, -0.25) is 4.79 Å². The van der Waals surface area contributed by atoms with Crippen LogP contribution in [0.1, 0.15) is 15.9 Å². The van der Waals surface area contributed by atoms with Gasteiger partial charge in [-0.25, -0.2) is 5.43 Å². The van der Waals surface area contributed by atoms with Crippen molar-refractivity contribution in [1.82, 2.24) is 5.43 Å². The smallest absolute Gasteiger partial charge is 0.275 e. The highest BCUT2D eigenvalue weighted by Crippen LogP contribution is 2.31. The number of carbonyl (C=O) groups is 1. The summed E-state index contributed by atoms with van der Waals surface area (Å²) >= 11 is 3.22. The van der Waals surface area contributed by atoms with E-state index in [0.29, 0.717) is 32.8 Å². The fraction of sp³-hybridized carbons (Fsp3) is 0.176. The largest absolute Gasteiger partial charge is 0.506 e. The lowest BCUT2D eigenvalue weighted by Crippen LogP contribution is -2.18. The maximum Gasteiger partial charge on any atom is 0.275 e. The van der Waals surface area contributed by atoms with Crippen LogP contribution in [-0.2, 0) is 0 Å². The number of amides is 1. The third-order valence-electron chi connectivity index (χ3n) is 3.33. The second-order valence-electron chi connectivity index (χ2n) is 4.81. The first-order chi connectivity index (χ1) is 12.0. The van der Waals surface area contributed by atoms with Gasteiger partial charge in [0.15, 0.2) is 0 Å². The SMILES string of the molecule is COc1cc(Br)c(O)c(C=NNC(=O)c2ccc(OC)cc2OC)c1. The molecule has 0 spiro atoms. The Bertz CT molecular complexity index is 808. The van der Waals surface area contributed by atoms with Gasteiger partial charge < -0.3 is 19.3 Å². The van der Waals surface area contributed by atoms with Crippen molar-refractivity contribution in [3.8, 4) is 23.0 Å². The number of nitrogens with zero attached hydrogens (tertiary/aromatic N) is 1. The summed E-state index contributed by atoms with van der Waals surface area (Å²) in [6.45, 7) is 0. The second-order valence-corrected chi connectivity index (χ2v) is 5.67. The zero-order valence-corrected chi connectivity index (χ0v) is 15.5. The molecule has 0 radical (unpaired) electrons. The molecule has 8 heteroatoms. The van der Waals surface area contributed by atoms with Gasteiger partial charge in [0.1, 0.15) is 23.0 Å². The summed E-state index contributed by atoms with van der Waals surface area (Å²) in [5.41, 5.74) is 3.07. The summed E-state index contributed by atoms with van der Waals surface area (Å²) < 4.78 is 15.9. The molecule has 0 unspecified atom stereocenters. The van der Waals surface area contributed by atoms with Crippen LogP contribution in [0.2, 0.25) is 0 Å². The summed E-state index contributed by atoms with van der Waals surface area (Å²) in [7, 11) is 4.50. The van der Waals surface area contributed by atoms with E-state index in [0.717, 1.165) is 0 Å². The Morgan fingerprint density at radius 3 is 2.48 bits per heavy atom. The van der Waals surface area contributed by atoms with Gasteiger partial charge in [-0.2, -0.15) is 5.10 Å². The number of benzene rings is 2. The van der Waals surface area contributed by atoms with Crippen molar-refractivity contribution in [2.75, 3.05) is 21.3 Å². The Labute approximate surface area is 153 Å². The number of methoxy groups -OCH3 is 3. The number of ether oxygens (including phenoxy) is 3. The van der Waals surface area contributed by atoms with Gasteiger partial charge >= 0.3 is 0 Å². The third-order valence-corrected chi connectivity index (χ3v) is 3.93. The van der Waals surface area contributed by atoms with Crippen LogP contribution in [0.25, 0.3) is 0 Å². The first-order valence-electron chi connectivity index (χ1n) is 7.12. The number of hydrazone groups is 1. The molecule has 0 saturated carbocycles. The zero-order chi connectivity index (χ0) is 18.4. The van der Waals surface area contributed by atoms with Crippen molar-refractivity contribution < 1.29 is 24.1 Å². The molecule has 0 aliphatic carbocycles. The monoisotopic (exact) mass is 408 g/mol. The average Bonchev–Trinajstić information content (AvgIpc) is 2.64. The zero-order valence-electron chi connectivity index (χ0n) is 13.9. The number of hydrogen-bond acceptors (Lipinski definition) is 6. The van der Waals surface area contributed by atoms with E-state index in [-0.39, 0.29) is 5.75 Å². The number of nitrogens with one attached hydrogen (secondary N) is 1. The molecule has 0 saturated heterocycles. The van der Waals surface area contributed by atoms with E-state index in [1.54, 1.807) is 30.3 Å². The summed E-state index contributed by atoms with van der Waals surface area (Å²) in [4.78, 5) is 12.2. The van der Waals surface area contributed by atoms with Gasteiger partial charge in [0.2, 0.25) is 0 Å². The predicted octanol–water partition coefficient (Wildman–Crippen LogP) is 2.94. The minimum absolute atomic E-state index is 0.0131. The van der Waals surface area contributed by atoms with Crippen LogP contribution in [0, 0.1) is 0 Å². The molecule has 7 nitrogen and oxygen atoms in total. The third kappa shape index (κ3) is 4.42. The summed E-state index contributed by atoms with van der Waals surface area (Å²) in [5, 5.41) is 13.9. The number of phenolic OH excluding ortho intramolecular Hbond substituents is 1. The average molecular weight is 409 g/mol. The van der Waals surface area contributed by atoms with Crippen molar-refractivity contribution in [1.29, 1.82) is 0 Å². The molecule has 0 aromatic heterocycles. The molecular formula is C17H17BrN2O5. The lowest BCUT2D eigenvalue weighted by atomic mass is 10.2. The van der Waals surface area contributed by atoms with Crippen molar-refractivity contribution in [2.45, 2.75) is 0 Å². The van der Waals surface area contributed by atoms with Crippen molar-refractivity contribution in [3.63, 3.8) is 0 Å². The second kappa shape index (κ2) is 8.39. The Morgan fingerprint density at radius 1 is 1.12 bits per heavy atom. The minimum atomic E-state index is -0.461. The molecule has 2 aromatic carbocycles. The van der Waals surface area contributed by atoms with E-state index < -0.39 is 5.91 Å². The first-order valence-corrected chi connectivity index (χ1v) is 7.91. The molecule has 0 aliphatic heterocycles. The van der Waals surface area contributed by atoms with Gasteiger partial charge in [-0.1, -0.05) is 0 Å². The standard InChI is InChI=1S/C17H17BrN2O5/c1-23-11-4-5-13(15(8-11)25-3)17(22)20-19-9-10-6-12(24-2)7-14(18)16(10)21/h4-9,21H,1-3H3,(H,20,22).